The van der Waals surface area contributed by atoms with Crippen molar-refractivity contribution in [1.29, 1.82) is 0 Å². The van der Waals surface area contributed by atoms with Crippen molar-refractivity contribution in [3.8, 4) is 34.1 Å². The Bertz CT molecular complexity index is 1250. The zero-order chi connectivity index (χ0) is 21.1. The van der Waals surface area contributed by atoms with Gasteiger partial charge in [-0.2, -0.15) is 10.1 Å². The lowest BCUT2D eigenvalue weighted by molar-refractivity contribution is 0.355. The molecule has 0 saturated heterocycles. The fourth-order valence-corrected chi connectivity index (χ4v) is 3.37. The molecule has 0 aliphatic rings. The third-order valence-corrected chi connectivity index (χ3v) is 5.11. The van der Waals surface area contributed by atoms with Crippen molar-refractivity contribution in [2.75, 3.05) is 14.2 Å². The number of rotatable bonds is 6. The minimum atomic E-state index is -0.278. The Morgan fingerprint density at radius 2 is 1.83 bits per heavy atom. The molecule has 2 aromatic carbocycles. The molecule has 0 bridgehead atoms. The minimum absolute atomic E-state index is 0.0530. The lowest BCUT2D eigenvalue weighted by Crippen LogP contribution is -2.23. The number of nitrogens with zero attached hydrogens (tertiary/aromatic N) is 4. The Labute approximate surface area is 180 Å². The second-order valence-electron chi connectivity index (χ2n) is 6.28. The first-order valence-electron chi connectivity index (χ1n) is 8.97. The first-order chi connectivity index (χ1) is 14.6. The van der Waals surface area contributed by atoms with E-state index in [2.05, 4.69) is 31.2 Å². The molecule has 0 unspecified atom stereocenters. The van der Waals surface area contributed by atoms with Gasteiger partial charge in [-0.1, -0.05) is 33.2 Å². The highest BCUT2D eigenvalue weighted by atomic mass is 79.9. The van der Waals surface area contributed by atoms with Crippen LogP contribution in [0, 0.1) is 0 Å². The number of ether oxygens (including phenoxy) is 2. The van der Waals surface area contributed by atoms with Crippen LogP contribution in [0.15, 0.2) is 68.4 Å². The molecule has 0 spiro atoms. The van der Waals surface area contributed by atoms with E-state index in [0.717, 1.165) is 15.6 Å². The summed E-state index contributed by atoms with van der Waals surface area (Å²) in [5.74, 6) is 1.89. The van der Waals surface area contributed by atoms with E-state index in [1.54, 1.807) is 32.4 Å². The molecule has 0 aliphatic carbocycles. The number of hydrogen-bond acceptors (Lipinski definition) is 7. The van der Waals surface area contributed by atoms with Gasteiger partial charge in [0.2, 0.25) is 11.7 Å². The Morgan fingerprint density at radius 3 is 2.60 bits per heavy atom. The highest BCUT2D eigenvalue weighted by Crippen LogP contribution is 2.31. The monoisotopic (exact) mass is 468 g/mol. The van der Waals surface area contributed by atoms with E-state index in [4.69, 9.17) is 14.0 Å². The van der Waals surface area contributed by atoms with E-state index in [9.17, 15) is 4.79 Å². The van der Waals surface area contributed by atoms with Crippen molar-refractivity contribution in [2.45, 2.75) is 6.54 Å². The summed E-state index contributed by atoms with van der Waals surface area (Å²) in [4.78, 5) is 16.7. The molecule has 4 rings (SSSR count). The molecule has 0 radical (unpaired) electrons. The van der Waals surface area contributed by atoms with Gasteiger partial charge in [-0.15, -0.1) is 0 Å². The number of hydrogen-bond donors (Lipinski definition) is 0. The van der Waals surface area contributed by atoms with Crippen LogP contribution in [0.1, 0.15) is 5.89 Å². The van der Waals surface area contributed by atoms with Crippen LogP contribution < -0.4 is 15.0 Å². The van der Waals surface area contributed by atoms with E-state index >= 15 is 0 Å². The van der Waals surface area contributed by atoms with Crippen molar-refractivity contribution < 1.29 is 14.0 Å². The van der Waals surface area contributed by atoms with Crippen molar-refractivity contribution in [2.24, 2.45) is 0 Å². The molecule has 9 heteroatoms. The first kappa shape index (κ1) is 19.8. The average molecular weight is 469 g/mol. The van der Waals surface area contributed by atoms with Gasteiger partial charge in [0.1, 0.15) is 6.54 Å². The molecule has 0 aliphatic heterocycles. The maximum Gasteiger partial charge on any atom is 0.267 e. The van der Waals surface area contributed by atoms with Crippen molar-refractivity contribution in [3.63, 3.8) is 0 Å². The van der Waals surface area contributed by atoms with E-state index in [0.29, 0.717) is 23.0 Å². The second kappa shape index (κ2) is 8.50. The van der Waals surface area contributed by atoms with Crippen molar-refractivity contribution in [3.05, 3.63) is 75.3 Å². The van der Waals surface area contributed by atoms with Gasteiger partial charge in [-0.25, -0.2) is 4.68 Å². The van der Waals surface area contributed by atoms with E-state index in [1.807, 2.05) is 30.3 Å². The largest absolute Gasteiger partial charge is 0.493 e. The molecule has 30 heavy (non-hydrogen) atoms. The van der Waals surface area contributed by atoms with E-state index in [-0.39, 0.29) is 18.0 Å². The summed E-state index contributed by atoms with van der Waals surface area (Å²) in [5.41, 5.74) is 1.90. The van der Waals surface area contributed by atoms with E-state index in [1.165, 1.54) is 10.7 Å². The maximum atomic E-state index is 12.3. The van der Waals surface area contributed by atoms with Crippen molar-refractivity contribution in [1.82, 2.24) is 19.9 Å². The Hall–Kier alpha value is -3.46. The Balaban J connectivity index is 1.64. The molecule has 152 valence electrons. The van der Waals surface area contributed by atoms with Gasteiger partial charge in [-0.05, 0) is 36.4 Å². The van der Waals surface area contributed by atoms with Gasteiger partial charge in [-0.3, -0.25) is 4.79 Å². The quantitative estimate of drug-likeness (QED) is 0.424. The third kappa shape index (κ3) is 3.97. The topological polar surface area (TPSA) is 92.3 Å². The molecule has 2 heterocycles. The molecule has 0 saturated carbocycles. The molecule has 8 nitrogen and oxygen atoms in total. The standard InChI is InChI=1S/C21H17BrN4O4/c1-28-17-9-7-13(11-18(17)29-2)16-8-10-20(27)26(24-16)12-19-23-21(25-30-19)14-5-3-4-6-15(14)22/h3-11H,12H2,1-2H3. The number of aromatic nitrogens is 4. The highest BCUT2D eigenvalue weighted by Gasteiger charge is 2.14. The fourth-order valence-electron chi connectivity index (χ4n) is 2.91. The van der Waals surface area contributed by atoms with Crippen LogP contribution >= 0.6 is 15.9 Å². The lowest BCUT2D eigenvalue weighted by atomic mass is 10.1. The van der Waals surface area contributed by atoms with Crippen molar-refractivity contribution >= 4 is 15.9 Å². The number of benzene rings is 2. The fraction of sp³-hybridized carbons (Fsp3) is 0.143. The summed E-state index contributed by atoms with van der Waals surface area (Å²) in [6.07, 6.45) is 0. The molecular weight excluding hydrogens is 452 g/mol. The van der Waals surface area contributed by atoms with Gasteiger partial charge < -0.3 is 14.0 Å². The second-order valence-corrected chi connectivity index (χ2v) is 7.13. The van der Waals surface area contributed by atoms with Gasteiger partial charge in [0.25, 0.3) is 5.56 Å². The zero-order valence-electron chi connectivity index (χ0n) is 16.2. The molecule has 4 aromatic rings. The number of methoxy groups -OCH3 is 2. The highest BCUT2D eigenvalue weighted by molar-refractivity contribution is 9.10. The van der Waals surface area contributed by atoms with Crippen LogP contribution in [0.2, 0.25) is 0 Å². The van der Waals surface area contributed by atoms with Gasteiger partial charge in [0.15, 0.2) is 11.5 Å². The summed E-state index contributed by atoms with van der Waals surface area (Å²) in [6, 6.07) is 16.1. The lowest BCUT2D eigenvalue weighted by Gasteiger charge is -2.10. The SMILES string of the molecule is COc1ccc(-c2ccc(=O)n(Cc3nc(-c4ccccc4Br)no3)n2)cc1OC. The normalized spacial score (nSPS) is 10.8. The van der Waals surface area contributed by atoms with Crippen LogP contribution in [-0.4, -0.2) is 34.1 Å². The Morgan fingerprint density at radius 1 is 1.03 bits per heavy atom. The third-order valence-electron chi connectivity index (χ3n) is 4.41. The minimum Gasteiger partial charge on any atom is -0.493 e. The zero-order valence-corrected chi connectivity index (χ0v) is 17.8. The summed E-state index contributed by atoms with van der Waals surface area (Å²) in [5, 5.41) is 8.44. The summed E-state index contributed by atoms with van der Waals surface area (Å²) in [6.45, 7) is 0.0530. The summed E-state index contributed by atoms with van der Waals surface area (Å²) in [7, 11) is 3.14. The molecule has 0 N–H and O–H groups in total. The van der Waals surface area contributed by atoms with Crippen LogP contribution in [0.5, 0.6) is 11.5 Å². The van der Waals surface area contributed by atoms with Crippen LogP contribution in [0.25, 0.3) is 22.6 Å². The molecule has 0 amide bonds. The summed E-state index contributed by atoms with van der Waals surface area (Å²) < 4.78 is 18.1. The van der Waals surface area contributed by atoms with E-state index < -0.39 is 0 Å². The molecule has 0 atom stereocenters. The Kier molecular flexibility index (Phi) is 5.62. The molecule has 2 aromatic heterocycles. The van der Waals surface area contributed by atoms with Gasteiger partial charge >= 0.3 is 0 Å². The molecular formula is C21H17BrN4O4. The maximum absolute atomic E-state index is 12.3. The number of halogens is 1. The van der Waals surface area contributed by atoms with Crippen LogP contribution in [0.4, 0.5) is 0 Å². The predicted molar refractivity (Wildman–Crippen MR) is 114 cm³/mol. The molecule has 0 fully saturated rings. The smallest absolute Gasteiger partial charge is 0.267 e. The summed E-state index contributed by atoms with van der Waals surface area (Å²) >= 11 is 3.47. The predicted octanol–water partition coefficient (Wildman–Crippen LogP) is 3.79. The first-order valence-corrected chi connectivity index (χ1v) is 9.76. The van der Waals surface area contributed by atoms with Gasteiger partial charge in [0, 0.05) is 21.7 Å². The van der Waals surface area contributed by atoms with Crippen LogP contribution in [0.3, 0.4) is 0 Å². The average Bonchev–Trinajstić information content (AvgIpc) is 3.23. The van der Waals surface area contributed by atoms with Crippen LogP contribution in [-0.2, 0) is 6.54 Å². The van der Waals surface area contributed by atoms with Gasteiger partial charge in [0.05, 0.1) is 19.9 Å².